The number of aliphatic hydroxyl groups excluding tert-OH is 1. The highest BCUT2D eigenvalue weighted by Crippen LogP contribution is 2.13. The summed E-state index contributed by atoms with van der Waals surface area (Å²) in [5.41, 5.74) is 1.41. The monoisotopic (exact) mass is 291 g/mol. The van der Waals surface area contributed by atoms with Crippen LogP contribution in [-0.4, -0.2) is 10.0 Å². The second-order valence-corrected chi connectivity index (χ2v) is 3.68. The molecule has 5 heteroatoms. The molecule has 0 saturated heterocycles. The van der Waals surface area contributed by atoms with Crippen molar-refractivity contribution in [1.82, 2.24) is 0 Å². The molecule has 5 nitrogen and oxygen atoms in total. The first-order valence-corrected chi connectivity index (χ1v) is 6.57. The average molecular weight is 291 g/mol. The molecule has 1 aromatic carbocycles. The highest BCUT2D eigenvalue weighted by Gasteiger charge is 2.13. The predicted octanol–water partition coefficient (Wildman–Crippen LogP) is 3.58. The highest BCUT2D eigenvalue weighted by molar-refractivity contribution is 5.24. The summed E-state index contributed by atoms with van der Waals surface area (Å²) in [4.78, 5) is 10.2. The van der Waals surface area contributed by atoms with Gasteiger partial charge >= 0.3 is 5.70 Å². The van der Waals surface area contributed by atoms with Crippen LogP contribution in [0.15, 0.2) is 61.0 Å². The molecular weight excluding hydrogens is 270 g/mol. The van der Waals surface area contributed by atoms with Crippen LogP contribution in [-0.2, 0) is 18.0 Å². The third-order valence-corrected chi connectivity index (χ3v) is 2.43. The first-order valence-electron chi connectivity index (χ1n) is 6.57. The molecule has 0 bridgehead atoms. The van der Waals surface area contributed by atoms with Crippen LogP contribution >= 0.6 is 0 Å². The fourth-order valence-electron chi connectivity index (χ4n) is 1.40. The third-order valence-electron chi connectivity index (χ3n) is 2.43. The summed E-state index contributed by atoms with van der Waals surface area (Å²) < 4.78 is 5.35. The smallest absolute Gasteiger partial charge is 0.310 e. The minimum atomic E-state index is -0.571. The van der Waals surface area contributed by atoms with Crippen molar-refractivity contribution in [2.24, 2.45) is 0 Å². The zero-order valence-corrected chi connectivity index (χ0v) is 12.4. The number of nitro groups is 1. The van der Waals surface area contributed by atoms with Crippen LogP contribution in [0.1, 0.15) is 25.0 Å². The van der Waals surface area contributed by atoms with Crippen molar-refractivity contribution in [3.8, 4) is 0 Å². The fourth-order valence-corrected chi connectivity index (χ4v) is 1.40. The van der Waals surface area contributed by atoms with E-state index in [1.54, 1.807) is 24.3 Å². The molecule has 0 aliphatic heterocycles. The van der Waals surface area contributed by atoms with Crippen molar-refractivity contribution in [2.75, 3.05) is 0 Å². The molecule has 0 aromatic heterocycles. The maximum Gasteiger partial charge on any atom is 0.310 e. The first kappa shape index (κ1) is 18.6. The lowest BCUT2D eigenvalue weighted by atomic mass is 10.1. The van der Waals surface area contributed by atoms with Gasteiger partial charge in [-0.3, -0.25) is 10.1 Å². The molecule has 0 amide bonds. The van der Waals surface area contributed by atoms with Crippen LogP contribution < -0.4 is 0 Å². The SMILES string of the molecule is C=C/C(OCc1ccc(CO)cc1)=C(\C=C)[N+](=O)[O-].CC. The molecule has 21 heavy (non-hydrogen) atoms. The van der Waals surface area contributed by atoms with Gasteiger partial charge in [-0.25, -0.2) is 0 Å². The van der Waals surface area contributed by atoms with Crippen LogP contribution in [0, 0.1) is 10.1 Å². The Labute approximate surface area is 125 Å². The molecule has 0 fully saturated rings. The number of hydrogen-bond acceptors (Lipinski definition) is 4. The zero-order valence-electron chi connectivity index (χ0n) is 12.4. The maximum absolute atomic E-state index is 10.7. The number of rotatable bonds is 7. The quantitative estimate of drug-likeness (QED) is 0.361. The molecule has 0 spiro atoms. The number of aliphatic hydroxyl groups is 1. The van der Waals surface area contributed by atoms with Gasteiger partial charge < -0.3 is 9.84 Å². The van der Waals surface area contributed by atoms with Crippen molar-refractivity contribution in [1.29, 1.82) is 0 Å². The second-order valence-electron chi connectivity index (χ2n) is 3.68. The van der Waals surface area contributed by atoms with E-state index in [0.717, 1.165) is 17.2 Å². The number of benzene rings is 1. The van der Waals surface area contributed by atoms with Gasteiger partial charge in [-0.15, -0.1) is 0 Å². The van der Waals surface area contributed by atoms with Crippen molar-refractivity contribution in [3.63, 3.8) is 0 Å². The summed E-state index contributed by atoms with van der Waals surface area (Å²) >= 11 is 0. The van der Waals surface area contributed by atoms with Crippen LogP contribution in [0.5, 0.6) is 0 Å². The molecule has 114 valence electrons. The van der Waals surface area contributed by atoms with Crippen molar-refractivity contribution >= 4 is 0 Å². The van der Waals surface area contributed by atoms with E-state index < -0.39 is 4.92 Å². The lowest BCUT2D eigenvalue weighted by Gasteiger charge is -2.07. The topological polar surface area (TPSA) is 72.6 Å². The van der Waals surface area contributed by atoms with Crippen molar-refractivity contribution in [2.45, 2.75) is 27.1 Å². The third kappa shape index (κ3) is 6.05. The van der Waals surface area contributed by atoms with Gasteiger partial charge in [0.05, 0.1) is 11.5 Å². The maximum atomic E-state index is 10.7. The van der Waals surface area contributed by atoms with Gasteiger partial charge in [-0.05, 0) is 17.2 Å². The largest absolute Gasteiger partial charge is 0.482 e. The summed E-state index contributed by atoms with van der Waals surface area (Å²) in [7, 11) is 0. The second kappa shape index (κ2) is 10.4. The molecule has 1 rings (SSSR count). The van der Waals surface area contributed by atoms with E-state index >= 15 is 0 Å². The van der Waals surface area contributed by atoms with E-state index in [1.807, 2.05) is 13.8 Å². The Bertz CT molecular complexity index is 504. The summed E-state index contributed by atoms with van der Waals surface area (Å²) in [6.45, 7) is 11.0. The van der Waals surface area contributed by atoms with Crippen molar-refractivity contribution < 1.29 is 14.8 Å². The van der Waals surface area contributed by atoms with Crippen molar-refractivity contribution in [3.05, 3.63) is 82.3 Å². The Morgan fingerprint density at radius 2 is 1.76 bits per heavy atom. The van der Waals surface area contributed by atoms with Gasteiger partial charge in [-0.1, -0.05) is 51.3 Å². The standard InChI is InChI=1S/C14H15NO4.C2H6/c1-3-13(15(17)18)14(4-2)19-10-12-7-5-11(9-16)6-8-12;1-2/h3-8,16H,1-2,9-10H2;1-2H3/b14-13-;. The number of nitrogens with zero attached hydrogens (tertiary/aromatic N) is 1. The molecule has 0 atom stereocenters. The van der Waals surface area contributed by atoms with E-state index in [9.17, 15) is 10.1 Å². The Kier molecular flexibility index (Phi) is 9.21. The Hall–Kier alpha value is -2.40. The molecule has 0 saturated carbocycles. The van der Waals surface area contributed by atoms with Crippen LogP contribution in [0.2, 0.25) is 0 Å². The van der Waals surface area contributed by atoms with E-state index in [-0.39, 0.29) is 24.7 Å². The summed E-state index contributed by atoms with van der Waals surface area (Å²) in [5.74, 6) is 0.0752. The van der Waals surface area contributed by atoms with Gasteiger partial charge in [0.2, 0.25) is 0 Å². The lowest BCUT2D eigenvalue weighted by molar-refractivity contribution is -0.421. The molecule has 0 unspecified atom stereocenters. The number of allylic oxidation sites excluding steroid dienone is 2. The Morgan fingerprint density at radius 1 is 1.24 bits per heavy atom. The van der Waals surface area contributed by atoms with Gasteiger partial charge in [0.25, 0.3) is 0 Å². The van der Waals surface area contributed by atoms with Gasteiger partial charge in [0.1, 0.15) is 6.61 Å². The van der Waals surface area contributed by atoms with Crippen LogP contribution in [0.25, 0.3) is 0 Å². The zero-order chi connectivity index (χ0) is 16.3. The molecule has 0 radical (unpaired) electrons. The normalized spacial score (nSPS) is 10.6. The molecule has 0 heterocycles. The number of ether oxygens (including phenoxy) is 1. The van der Waals surface area contributed by atoms with E-state index in [2.05, 4.69) is 13.2 Å². The van der Waals surface area contributed by atoms with E-state index in [1.165, 1.54) is 6.08 Å². The molecule has 0 aliphatic rings. The van der Waals surface area contributed by atoms with Gasteiger partial charge in [0.15, 0.2) is 5.76 Å². The Balaban J connectivity index is 0.00000191. The molecular formula is C16H21NO4. The first-order chi connectivity index (χ1) is 10.1. The number of hydrogen-bond donors (Lipinski definition) is 1. The van der Waals surface area contributed by atoms with Gasteiger partial charge in [-0.2, -0.15) is 0 Å². The fraction of sp³-hybridized carbons (Fsp3) is 0.250. The minimum Gasteiger partial charge on any atom is -0.482 e. The van der Waals surface area contributed by atoms with E-state index in [0.29, 0.717) is 0 Å². The summed E-state index contributed by atoms with van der Waals surface area (Å²) in [6.07, 6.45) is 2.40. The molecule has 0 aliphatic carbocycles. The van der Waals surface area contributed by atoms with Crippen LogP contribution in [0.4, 0.5) is 0 Å². The summed E-state index contributed by atoms with van der Waals surface area (Å²) in [6, 6.07) is 7.09. The van der Waals surface area contributed by atoms with Crippen LogP contribution in [0.3, 0.4) is 0 Å². The molecule has 1 N–H and O–H groups in total. The Morgan fingerprint density at radius 3 is 2.14 bits per heavy atom. The average Bonchev–Trinajstić information content (AvgIpc) is 2.53. The van der Waals surface area contributed by atoms with Gasteiger partial charge in [0, 0.05) is 6.08 Å². The lowest BCUT2D eigenvalue weighted by Crippen LogP contribution is -2.02. The highest BCUT2D eigenvalue weighted by atomic mass is 16.6. The summed E-state index contributed by atoms with van der Waals surface area (Å²) in [5, 5.41) is 19.7. The van der Waals surface area contributed by atoms with E-state index in [4.69, 9.17) is 9.84 Å². The molecule has 1 aromatic rings. The predicted molar refractivity (Wildman–Crippen MR) is 82.9 cm³/mol. The minimum absolute atomic E-state index is 0.0269.